The lowest BCUT2D eigenvalue weighted by Gasteiger charge is -2.39. The molecule has 3 atom stereocenters. The summed E-state index contributed by atoms with van der Waals surface area (Å²) in [4.78, 5) is 23.8. The number of benzene rings is 2. The number of nitrogens with zero attached hydrogens (tertiary/aromatic N) is 6. The van der Waals surface area contributed by atoms with Gasteiger partial charge in [0.15, 0.2) is 0 Å². The van der Waals surface area contributed by atoms with Gasteiger partial charge in [0.05, 0.1) is 22.5 Å². The van der Waals surface area contributed by atoms with Gasteiger partial charge < -0.3 is 14.4 Å². The molecule has 4 aromatic rings. The number of hydrogen-bond donors (Lipinski definition) is 1. The minimum Gasteiger partial charge on any atom is -0.476 e. The number of rotatable bonds is 7. The van der Waals surface area contributed by atoms with E-state index in [0.717, 1.165) is 72.4 Å². The summed E-state index contributed by atoms with van der Waals surface area (Å²) in [5, 5.41) is 0. The van der Waals surface area contributed by atoms with Crippen molar-refractivity contribution in [1.29, 1.82) is 0 Å². The number of aryl methyl sites for hydroxylation is 2. The minimum absolute atomic E-state index is 0.0398. The summed E-state index contributed by atoms with van der Waals surface area (Å²) in [6.45, 7) is 7.98. The Labute approximate surface area is 301 Å². The second-order valence-corrected chi connectivity index (χ2v) is 16.1. The van der Waals surface area contributed by atoms with E-state index in [0.29, 0.717) is 36.7 Å². The van der Waals surface area contributed by atoms with E-state index in [9.17, 15) is 8.42 Å². The Bertz CT molecular complexity index is 1930. The zero-order valence-corrected chi connectivity index (χ0v) is 30.9. The van der Waals surface area contributed by atoms with Gasteiger partial charge in [-0.2, -0.15) is 4.98 Å². The highest BCUT2D eigenvalue weighted by atomic mass is 32.2. The summed E-state index contributed by atoms with van der Waals surface area (Å²) in [5.74, 6) is 1.66. The topological polar surface area (TPSA) is 123 Å². The summed E-state index contributed by atoms with van der Waals surface area (Å²) in [6.07, 6.45) is 12.3. The molecule has 3 aliphatic rings. The fourth-order valence-electron chi connectivity index (χ4n) is 8.13. The van der Waals surface area contributed by atoms with Gasteiger partial charge in [-0.3, -0.25) is 9.88 Å². The third kappa shape index (κ3) is 7.88. The fraction of sp³-hybridized carbons (Fsp3) is 0.487. The zero-order valence-electron chi connectivity index (χ0n) is 30.1. The molecule has 51 heavy (non-hydrogen) atoms. The van der Waals surface area contributed by atoms with Crippen LogP contribution in [-0.4, -0.2) is 65.6 Å². The molecule has 1 N–H and O–H groups in total. The molecular weight excluding hydrogens is 663 g/mol. The molecule has 270 valence electrons. The number of aromatic nitrogens is 4. The third-order valence-electron chi connectivity index (χ3n) is 10.7. The molecular formula is C39H49N7O4S. The predicted octanol–water partition coefficient (Wildman–Crippen LogP) is 7.22. The monoisotopic (exact) mass is 711 g/mol. The fourth-order valence-corrected chi connectivity index (χ4v) is 9.13. The van der Waals surface area contributed by atoms with E-state index in [2.05, 4.69) is 31.4 Å². The lowest BCUT2D eigenvalue weighted by atomic mass is 9.84. The van der Waals surface area contributed by atoms with Gasteiger partial charge in [0.1, 0.15) is 18.7 Å². The summed E-state index contributed by atoms with van der Waals surface area (Å²) < 4.78 is 43.4. The quantitative estimate of drug-likeness (QED) is 0.210. The smallest absolute Gasteiger partial charge is 0.264 e. The van der Waals surface area contributed by atoms with Crippen LogP contribution in [0.5, 0.6) is 5.88 Å². The molecule has 4 bridgehead atoms. The normalized spacial score (nSPS) is 22.7. The SMILES string of the molecule is COC1c2cccc(c2)S(=O)(=O)Nc2nc(cc(-c3c(C)cccc3C)n2)OC[C@@H](CC2CCCCC2)N1Cc1cncc(N2CCC[C@H]2C)n1. The Hall–Kier alpha value is -4.13. The zero-order chi connectivity index (χ0) is 35.5. The summed E-state index contributed by atoms with van der Waals surface area (Å²) >= 11 is 0. The molecule has 12 heteroatoms. The Morgan fingerprint density at radius 3 is 2.47 bits per heavy atom. The van der Waals surface area contributed by atoms with Gasteiger partial charge in [-0.15, -0.1) is 0 Å². The van der Waals surface area contributed by atoms with Crippen LogP contribution in [0.3, 0.4) is 0 Å². The first-order valence-corrected chi connectivity index (χ1v) is 19.7. The highest BCUT2D eigenvalue weighted by molar-refractivity contribution is 7.92. The third-order valence-corrected chi connectivity index (χ3v) is 12.1. The van der Waals surface area contributed by atoms with Crippen LogP contribution in [0, 0.1) is 19.8 Å². The molecule has 2 aliphatic heterocycles. The highest BCUT2D eigenvalue weighted by Gasteiger charge is 2.33. The maximum atomic E-state index is 13.9. The van der Waals surface area contributed by atoms with Crippen molar-refractivity contribution in [3.8, 4) is 17.1 Å². The predicted molar refractivity (Wildman–Crippen MR) is 198 cm³/mol. The highest BCUT2D eigenvalue weighted by Crippen LogP contribution is 2.36. The molecule has 2 fully saturated rings. The minimum atomic E-state index is -4.07. The van der Waals surface area contributed by atoms with Crippen molar-refractivity contribution < 1.29 is 17.9 Å². The van der Waals surface area contributed by atoms with E-state index in [4.69, 9.17) is 19.4 Å². The van der Waals surface area contributed by atoms with Crippen LogP contribution >= 0.6 is 0 Å². The summed E-state index contributed by atoms with van der Waals surface area (Å²) in [5.41, 5.74) is 5.09. The van der Waals surface area contributed by atoms with E-state index in [1.807, 2.05) is 56.6 Å². The van der Waals surface area contributed by atoms with E-state index < -0.39 is 16.3 Å². The molecule has 1 aliphatic carbocycles. The maximum Gasteiger partial charge on any atom is 0.264 e. The van der Waals surface area contributed by atoms with Crippen LogP contribution in [-0.2, 0) is 21.3 Å². The number of sulfonamides is 1. The second kappa shape index (κ2) is 15.2. The number of hydrogen-bond acceptors (Lipinski definition) is 10. The van der Waals surface area contributed by atoms with Crippen LogP contribution in [0.1, 0.15) is 86.9 Å². The van der Waals surface area contributed by atoms with Crippen molar-refractivity contribution in [3.63, 3.8) is 0 Å². The van der Waals surface area contributed by atoms with Gasteiger partial charge in [-0.25, -0.2) is 23.1 Å². The average molecular weight is 712 g/mol. The van der Waals surface area contributed by atoms with Crippen LogP contribution in [0.15, 0.2) is 65.8 Å². The average Bonchev–Trinajstić information content (AvgIpc) is 3.56. The van der Waals surface area contributed by atoms with Crippen molar-refractivity contribution >= 4 is 21.8 Å². The van der Waals surface area contributed by atoms with Gasteiger partial charge >= 0.3 is 0 Å². The lowest BCUT2D eigenvalue weighted by molar-refractivity contribution is -0.0789. The lowest BCUT2D eigenvalue weighted by Crippen LogP contribution is -2.44. The van der Waals surface area contributed by atoms with E-state index >= 15 is 0 Å². The standard InChI is InChI=1S/C39H49N7O4S/c1-26-11-8-12-27(2)37(26)34-21-36-43-39(42-34)44-51(47,48)33-17-9-16-30(20-33)38(49-4)46(32(25-50-36)19-29-14-6-5-7-15-29)24-31-22-40-23-35(41-31)45-18-10-13-28(45)3/h8-9,11-12,16-17,20-23,28-29,32,38H,5-7,10,13-15,18-19,24-25H2,1-4H3,(H,42,43,44)/t28-,32-,38?/m1/s1. The summed E-state index contributed by atoms with van der Waals surface area (Å²) in [6, 6.07) is 15.1. The molecule has 4 heterocycles. The second-order valence-electron chi connectivity index (χ2n) is 14.4. The van der Waals surface area contributed by atoms with Crippen molar-refractivity contribution in [3.05, 3.63) is 83.3 Å². The molecule has 0 amide bonds. The van der Waals surface area contributed by atoms with Crippen LogP contribution < -0.4 is 14.4 Å². The van der Waals surface area contributed by atoms with E-state index in [-0.39, 0.29) is 16.9 Å². The molecule has 11 nitrogen and oxygen atoms in total. The van der Waals surface area contributed by atoms with Crippen molar-refractivity contribution in [2.24, 2.45) is 5.92 Å². The molecule has 0 radical (unpaired) electrons. The van der Waals surface area contributed by atoms with Gasteiger partial charge in [0.2, 0.25) is 11.8 Å². The van der Waals surface area contributed by atoms with Crippen LogP contribution in [0.25, 0.3) is 11.3 Å². The van der Waals surface area contributed by atoms with Gasteiger partial charge in [-0.1, -0.05) is 62.4 Å². The Morgan fingerprint density at radius 2 is 1.73 bits per heavy atom. The molecule has 2 aromatic carbocycles. The number of nitrogens with one attached hydrogen (secondary N) is 1. The van der Waals surface area contributed by atoms with Crippen molar-refractivity contribution in [2.75, 3.05) is 29.9 Å². The van der Waals surface area contributed by atoms with E-state index in [1.54, 1.807) is 25.3 Å². The number of ether oxygens (including phenoxy) is 2. The molecule has 7 rings (SSSR count). The van der Waals surface area contributed by atoms with Gasteiger partial charge in [0, 0.05) is 50.1 Å². The molecule has 0 spiro atoms. The number of anilines is 2. The molecule has 1 unspecified atom stereocenters. The maximum absolute atomic E-state index is 13.9. The molecule has 1 saturated carbocycles. The van der Waals surface area contributed by atoms with Gasteiger partial charge in [-0.05, 0) is 74.8 Å². The number of fused-ring (bicyclic) bond motifs is 4. The molecule has 1 saturated heterocycles. The van der Waals surface area contributed by atoms with Gasteiger partial charge in [0.25, 0.3) is 10.0 Å². The first-order chi connectivity index (χ1) is 24.7. The Morgan fingerprint density at radius 1 is 0.941 bits per heavy atom. The van der Waals surface area contributed by atoms with E-state index in [1.165, 1.54) is 19.3 Å². The van der Waals surface area contributed by atoms with Crippen molar-refractivity contribution in [2.45, 2.75) is 102 Å². The Balaban J connectivity index is 1.34. The first-order valence-electron chi connectivity index (χ1n) is 18.3. The summed E-state index contributed by atoms with van der Waals surface area (Å²) in [7, 11) is -2.40. The number of methoxy groups -OCH3 is 1. The largest absolute Gasteiger partial charge is 0.476 e. The van der Waals surface area contributed by atoms with Crippen LogP contribution in [0.4, 0.5) is 11.8 Å². The Kier molecular flexibility index (Phi) is 10.5. The first kappa shape index (κ1) is 35.3. The van der Waals surface area contributed by atoms with Crippen LogP contribution in [0.2, 0.25) is 0 Å². The van der Waals surface area contributed by atoms with Crippen molar-refractivity contribution in [1.82, 2.24) is 24.8 Å². The molecule has 2 aromatic heterocycles.